The summed E-state index contributed by atoms with van der Waals surface area (Å²) >= 11 is 5.33. The van der Waals surface area contributed by atoms with Crippen molar-refractivity contribution in [2.45, 2.75) is 161 Å². The van der Waals surface area contributed by atoms with Crippen LogP contribution in [-0.4, -0.2) is 71.4 Å². The number of carbonyl (C=O) groups is 4. The first-order valence-corrected chi connectivity index (χ1v) is 26.1. The Kier molecular flexibility index (Phi) is 20.2. The van der Waals surface area contributed by atoms with Crippen molar-refractivity contribution in [1.29, 1.82) is 0 Å². The Bertz CT molecular complexity index is 2270. The van der Waals surface area contributed by atoms with Gasteiger partial charge < -0.3 is 26.6 Å². The van der Waals surface area contributed by atoms with E-state index in [0.29, 0.717) is 31.5 Å². The molecule has 10 heteroatoms. The maximum Gasteiger partial charge on any atom is 0.253 e. The van der Waals surface area contributed by atoms with Crippen LogP contribution in [0.15, 0.2) is 97.1 Å². The van der Waals surface area contributed by atoms with Gasteiger partial charge in [-0.05, 0) is 146 Å². The standard InChI is InChI=1S/C25H30N2O2.C14H18N2O.C11H13ClO.C7H14.C2H7N/c1-24(2,3)19-10-8-18(9-11-19)23(29)27-16-14-25(15-17-27)13-12-22(28)20-6-4-5-7-21(20)26-25;17-13-5-6-14(7-9-15-10-8-14)16-12-4-2-1-3-11(12)13;1-11(2,3)9-6-4-8(5-7-9)10(12)13;1-2-7-5-3-4-6-7;1-2-3/h4-11,26H,12-17H2,1-3H3;1-4,15-16H,5-10H2;4-7H,1-3H3;7H,2-6H2,1H3;2-3H2,1H3. The second kappa shape index (κ2) is 25.3. The molecule has 1 aliphatic carbocycles. The van der Waals surface area contributed by atoms with Crippen molar-refractivity contribution >= 4 is 45.7 Å². The zero-order valence-corrected chi connectivity index (χ0v) is 43.8. The van der Waals surface area contributed by atoms with Crippen LogP contribution >= 0.6 is 11.6 Å². The van der Waals surface area contributed by atoms with Crippen LogP contribution < -0.4 is 21.7 Å². The monoisotopic (exact) mass is 960 g/mol. The van der Waals surface area contributed by atoms with E-state index in [0.717, 1.165) is 92.1 Å². The van der Waals surface area contributed by atoms with E-state index in [1.807, 2.05) is 84.6 Å². The molecule has 4 aromatic carbocycles. The number of para-hydroxylation sites is 2. The average Bonchev–Trinajstić information content (AvgIpc) is 3.79. The lowest BCUT2D eigenvalue weighted by atomic mass is 9.83. The van der Waals surface area contributed by atoms with Gasteiger partial charge in [0.15, 0.2) is 11.6 Å². The average molecular weight is 961 g/mol. The summed E-state index contributed by atoms with van der Waals surface area (Å²) in [4.78, 5) is 50.3. The topological polar surface area (TPSA) is 134 Å². The molecule has 5 aliphatic rings. The molecule has 0 radical (unpaired) electrons. The van der Waals surface area contributed by atoms with Crippen LogP contribution in [0.5, 0.6) is 0 Å². The first kappa shape index (κ1) is 55.1. The first-order valence-electron chi connectivity index (χ1n) is 25.7. The summed E-state index contributed by atoms with van der Waals surface area (Å²) < 4.78 is 0. The second-order valence-electron chi connectivity index (χ2n) is 21.7. The fourth-order valence-corrected chi connectivity index (χ4v) is 10.1. The minimum absolute atomic E-state index is 0.0813. The number of nitrogens with two attached hydrogens (primary N) is 1. The SMILES string of the molecule is CC(C)(C)c1ccc(C(=O)Cl)cc1.CC(C)(C)c1ccc(C(=O)N2CCC3(CCC(=O)c4ccccc4N3)CC2)cc1.CCC1CCCC1.CCN.O=C1CCC2(CCNCC2)Nc2ccccc21. The molecule has 0 unspecified atom stereocenters. The number of ketones is 2. The number of likely N-dealkylation sites (tertiary alicyclic amines) is 1. The van der Waals surface area contributed by atoms with Gasteiger partial charge in [0.1, 0.15) is 0 Å². The number of hydrogen-bond donors (Lipinski definition) is 4. The van der Waals surface area contributed by atoms with E-state index in [4.69, 9.17) is 17.3 Å². The van der Waals surface area contributed by atoms with Gasteiger partial charge in [-0.3, -0.25) is 19.2 Å². The summed E-state index contributed by atoms with van der Waals surface area (Å²) in [5.41, 5.74) is 12.4. The number of piperidine rings is 2. The van der Waals surface area contributed by atoms with Crippen LogP contribution in [0.25, 0.3) is 0 Å². The second-order valence-corrected chi connectivity index (χ2v) is 22.0. The van der Waals surface area contributed by atoms with Crippen molar-refractivity contribution in [3.63, 3.8) is 0 Å². The number of anilines is 2. The molecule has 5 N–H and O–H groups in total. The molecule has 9 rings (SSSR count). The molecule has 2 saturated heterocycles. The van der Waals surface area contributed by atoms with Gasteiger partial charge in [-0.2, -0.15) is 0 Å². The lowest BCUT2D eigenvalue weighted by Crippen LogP contribution is -2.50. The van der Waals surface area contributed by atoms with Crippen LogP contribution in [-0.2, 0) is 10.8 Å². The van der Waals surface area contributed by atoms with Gasteiger partial charge in [0.25, 0.3) is 11.1 Å². The molecule has 69 heavy (non-hydrogen) atoms. The zero-order chi connectivity index (χ0) is 50.2. The predicted molar refractivity (Wildman–Crippen MR) is 287 cm³/mol. The number of benzene rings is 4. The Balaban J connectivity index is 0.000000187. The van der Waals surface area contributed by atoms with E-state index in [9.17, 15) is 19.2 Å². The third kappa shape index (κ3) is 15.8. The van der Waals surface area contributed by atoms with E-state index in [2.05, 4.69) is 76.5 Å². The third-order valence-corrected chi connectivity index (χ3v) is 14.7. The van der Waals surface area contributed by atoms with Crippen molar-refractivity contribution < 1.29 is 19.2 Å². The van der Waals surface area contributed by atoms with Crippen LogP contribution in [0.4, 0.5) is 11.4 Å². The van der Waals surface area contributed by atoms with Gasteiger partial charge in [0.2, 0.25) is 0 Å². The third-order valence-electron chi connectivity index (χ3n) is 14.5. The smallest absolute Gasteiger partial charge is 0.253 e. The number of Topliss-reactive ketones (excluding diaryl/α,β-unsaturated/α-hetero) is 2. The van der Waals surface area contributed by atoms with Crippen LogP contribution in [0.1, 0.15) is 191 Å². The van der Waals surface area contributed by atoms with Crippen LogP contribution in [0.3, 0.4) is 0 Å². The number of fused-ring (bicyclic) bond motifs is 2. The first-order chi connectivity index (χ1) is 32.8. The van der Waals surface area contributed by atoms with Gasteiger partial charge in [-0.15, -0.1) is 0 Å². The number of amides is 1. The molecule has 0 atom stereocenters. The molecule has 1 amide bonds. The van der Waals surface area contributed by atoms with Crippen LogP contribution in [0.2, 0.25) is 0 Å². The summed E-state index contributed by atoms with van der Waals surface area (Å²) in [6, 6.07) is 31.1. The molecule has 3 fully saturated rings. The zero-order valence-electron chi connectivity index (χ0n) is 43.1. The van der Waals surface area contributed by atoms with Crippen LogP contribution in [0, 0.1) is 5.92 Å². The highest BCUT2D eigenvalue weighted by atomic mass is 35.5. The quantitative estimate of drug-likeness (QED) is 0.149. The van der Waals surface area contributed by atoms with Gasteiger partial charge in [0, 0.05) is 70.6 Å². The maximum atomic E-state index is 13.0. The Hall–Kier alpha value is -4.83. The predicted octanol–water partition coefficient (Wildman–Crippen LogP) is 13.2. The van der Waals surface area contributed by atoms with E-state index in [1.165, 1.54) is 43.2 Å². The normalized spacial score (nSPS) is 18.3. The molecule has 0 aromatic heterocycles. The minimum atomic E-state index is -0.402. The molecular formula is C59H82ClN5O4. The summed E-state index contributed by atoms with van der Waals surface area (Å²) in [5, 5.41) is 10.3. The number of carbonyl (C=O) groups excluding carboxylic acids is 4. The van der Waals surface area contributed by atoms with Gasteiger partial charge in [-0.25, -0.2) is 0 Å². The van der Waals surface area contributed by atoms with E-state index in [-0.39, 0.29) is 39.4 Å². The lowest BCUT2D eigenvalue weighted by Gasteiger charge is -2.42. The highest BCUT2D eigenvalue weighted by Crippen LogP contribution is 2.38. The Labute approximate surface area is 419 Å². The van der Waals surface area contributed by atoms with Crippen molar-refractivity contribution in [2.75, 3.05) is 43.4 Å². The molecule has 374 valence electrons. The minimum Gasteiger partial charge on any atom is -0.379 e. The number of rotatable bonds is 3. The van der Waals surface area contributed by atoms with E-state index < -0.39 is 5.24 Å². The largest absolute Gasteiger partial charge is 0.379 e. The number of nitrogens with zero attached hydrogens (tertiary/aromatic N) is 1. The molecule has 0 bridgehead atoms. The molecule has 4 aliphatic heterocycles. The Morgan fingerprint density at radius 2 is 1.03 bits per heavy atom. The van der Waals surface area contributed by atoms with Gasteiger partial charge in [-0.1, -0.05) is 136 Å². The fraction of sp³-hybridized carbons (Fsp3) is 0.525. The molecule has 4 aromatic rings. The van der Waals surface area contributed by atoms with E-state index >= 15 is 0 Å². The maximum absolute atomic E-state index is 13.0. The van der Waals surface area contributed by atoms with Crippen molar-refractivity contribution in [2.24, 2.45) is 11.7 Å². The lowest BCUT2D eigenvalue weighted by molar-refractivity contribution is 0.0672. The van der Waals surface area contributed by atoms with Crippen molar-refractivity contribution in [1.82, 2.24) is 10.2 Å². The summed E-state index contributed by atoms with van der Waals surface area (Å²) in [5.74, 6) is 1.69. The summed E-state index contributed by atoms with van der Waals surface area (Å²) in [6.45, 7) is 21.4. The Morgan fingerprint density at radius 3 is 1.42 bits per heavy atom. The molecule has 9 nitrogen and oxygen atoms in total. The number of halogens is 1. The fourth-order valence-electron chi connectivity index (χ4n) is 9.95. The molecule has 2 spiro atoms. The number of hydrogen-bond acceptors (Lipinski definition) is 8. The Morgan fingerprint density at radius 1 is 0.623 bits per heavy atom. The molecule has 1 saturated carbocycles. The highest BCUT2D eigenvalue weighted by molar-refractivity contribution is 6.67. The summed E-state index contributed by atoms with van der Waals surface area (Å²) in [6.07, 6.45) is 14.4. The highest BCUT2D eigenvalue weighted by Gasteiger charge is 2.39. The van der Waals surface area contributed by atoms with Crippen molar-refractivity contribution in [3.05, 3.63) is 130 Å². The number of nitrogens with one attached hydrogen (secondary N) is 3. The van der Waals surface area contributed by atoms with Crippen molar-refractivity contribution in [3.8, 4) is 0 Å². The molecule has 4 heterocycles. The van der Waals surface area contributed by atoms with Gasteiger partial charge >= 0.3 is 0 Å². The summed E-state index contributed by atoms with van der Waals surface area (Å²) in [7, 11) is 0. The van der Waals surface area contributed by atoms with E-state index in [1.54, 1.807) is 12.1 Å². The van der Waals surface area contributed by atoms with Gasteiger partial charge in [0.05, 0.1) is 0 Å². The molecular weight excluding hydrogens is 878 g/mol.